The van der Waals surface area contributed by atoms with Gasteiger partial charge in [-0.05, 0) is 34.1 Å². The molecule has 5 heteroatoms. The number of nitrogens with zero attached hydrogens (tertiary/aromatic N) is 2. The highest BCUT2D eigenvalue weighted by atomic mass is 79.9. The maximum Gasteiger partial charge on any atom is 0.139 e. The van der Waals surface area contributed by atoms with Gasteiger partial charge < -0.3 is 4.74 Å². The van der Waals surface area contributed by atoms with Gasteiger partial charge in [0.05, 0.1) is 17.8 Å². The zero-order valence-corrected chi connectivity index (χ0v) is 11.6. The summed E-state index contributed by atoms with van der Waals surface area (Å²) in [6.07, 6.45) is 3.31. The molecule has 0 atom stereocenters. The zero-order chi connectivity index (χ0) is 13.0. The summed E-state index contributed by atoms with van der Waals surface area (Å²) in [6.45, 7) is 0.336. The highest BCUT2D eigenvalue weighted by molar-refractivity contribution is 9.10. The van der Waals surface area contributed by atoms with Crippen molar-refractivity contribution in [2.45, 2.75) is 6.61 Å². The molecular weight excluding hydrogens is 316 g/mol. The molecule has 3 nitrogen and oxygen atoms in total. The third kappa shape index (κ3) is 3.22. The molecule has 0 aliphatic heterocycles. The fourth-order valence-electron chi connectivity index (χ4n) is 1.37. The number of aromatic nitrogens is 1. The molecule has 0 aliphatic rings. The number of hydrogen-bond acceptors (Lipinski definition) is 3. The number of hydrogen-bond donors (Lipinski definition) is 0. The van der Waals surface area contributed by atoms with Gasteiger partial charge in [-0.2, -0.15) is 5.26 Å². The number of nitriles is 1. The largest absolute Gasteiger partial charge is 0.487 e. The van der Waals surface area contributed by atoms with Gasteiger partial charge in [-0.25, -0.2) is 0 Å². The molecule has 0 radical (unpaired) electrons. The molecule has 0 saturated carbocycles. The predicted octanol–water partition coefficient (Wildman–Crippen LogP) is 3.95. The Morgan fingerprint density at radius 1 is 1.33 bits per heavy atom. The van der Waals surface area contributed by atoms with Crippen molar-refractivity contribution in [3.05, 3.63) is 57.3 Å². The van der Waals surface area contributed by atoms with Crippen LogP contribution in [-0.4, -0.2) is 4.98 Å². The first-order valence-corrected chi connectivity index (χ1v) is 6.28. The summed E-state index contributed by atoms with van der Waals surface area (Å²) in [7, 11) is 0. The van der Waals surface area contributed by atoms with Crippen LogP contribution in [-0.2, 0) is 6.61 Å². The van der Waals surface area contributed by atoms with Crippen LogP contribution in [0.3, 0.4) is 0 Å². The molecule has 0 unspecified atom stereocenters. The monoisotopic (exact) mass is 322 g/mol. The molecule has 2 rings (SSSR count). The third-order valence-corrected chi connectivity index (χ3v) is 3.04. The van der Waals surface area contributed by atoms with Crippen molar-refractivity contribution in [3.8, 4) is 11.8 Å². The minimum absolute atomic E-state index is 0.336. The predicted molar refractivity (Wildman–Crippen MR) is 72.4 cm³/mol. The van der Waals surface area contributed by atoms with E-state index in [1.54, 1.807) is 30.6 Å². The van der Waals surface area contributed by atoms with Crippen LogP contribution >= 0.6 is 27.5 Å². The van der Waals surface area contributed by atoms with Crippen molar-refractivity contribution in [2.75, 3.05) is 0 Å². The Bertz CT molecular complexity index is 610. The Hall–Kier alpha value is -1.57. The van der Waals surface area contributed by atoms with Crippen molar-refractivity contribution < 1.29 is 4.74 Å². The Balaban J connectivity index is 2.09. The lowest BCUT2D eigenvalue weighted by Crippen LogP contribution is -1.97. The molecule has 0 bridgehead atoms. The Morgan fingerprint density at radius 3 is 2.83 bits per heavy atom. The summed E-state index contributed by atoms with van der Waals surface area (Å²) in [5.41, 5.74) is 1.36. The fourth-order valence-corrected chi connectivity index (χ4v) is 1.95. The topological polar surface area (TPSA) is 45.9 Å². The first-order valence-electron chi connectivity index (χ1n) is 5.11. The lowest BCUT2D eigenvalue weighted by Gasteiger charge is -2.07. The molecule has 0 saturated heterocycles. The quantitative estimate of drug-likeness (QED) is 0.859. The van der Waals surface area contributed by atoms with E-state index in [0.717, 1.165) is 10.0 Å². The van der Waals surface area contributed by atoms with Crippen molar-refractivity contribution in [2.24, 2.45) is 0 Å². The fraction of sp³-hybridized carbons (Fsp3) is 0.0769. The van der Waals surface area contributed by atoms with Gasteiger partial charge in [0.1, 0.15) is 12.4 Å². The van der Waals surface area contributed by atoms with Crippen LogP contribution in [0.25, 0.3) is 0 Å². The third-order valence-electron chi connectivity index (χ3n) is 2.26. The van der Waals surface area contributed by atoms with Crippen molar-refractivity contribution in [3.63, 3.8) is 0 Å². The van der Waals surface area contributed by atoms with E-state index >= 15 is 0 Å². The molecule has 0 N–H and O–H groups in total. The summed E-state index contributed by atoms with van der Waals surface area (Å²) in [4.78, 5) is 4.00. The summed E-state index contributed by atoms with van der Waals surface area (Å²) < 4.78 is 6.42. The average molecular weight is 324 g/mol. The van der Waals surface area contributed by atoms with Crippen LogP contribution in [0, 0.1) is 11.3 Å². The van der Waals surface area contributed by atoms with Crippen molar-refractivity contribution >= 4 is 27.5 Å². The van der Waals surface area contributed by atoms with E-state index in [1.165, 1.54) is 0 Å². The minimum atomic E-state index is 0.336. The van der Waals surface area contributed by atoms with Gasteiger partial charge in [0.2, 0.25) is 0 Å². The van der Waals surface area contributed by atoms with Gasteiger partial charge in [-0.1, -0.05) is 17.7 Å². The Morgan fingerprint density at radius 2 is 2.17 bits per heavy atom. The van der Waals surface area contributed by atoms with Gasteiger partial charge in [-0.3, -0.25) is 4.98 Å². The van der Waals surface area contributed by atoms with Crippen molar-refractivity contribution in [1.82, 2.24) is 4.98 Å². The maximum atomic E-state index is 8.74. The second-order valence-corrected chi connectivity index (χ2v) is 4.87. The van der Waals surface area contributed by atoms with Gasteiger partial charge in [0.25, 0.3) is 0 Å². The van der Waals surface area contributed by atoms with Gasteiger partial charge in [0, 0.05) is 21.3 Å². The first-order chi connectivity index (χ1) is 8.69. The van der Waals surface area contributed by atoms with Gasteiger partial charge in [-0.15, -0.1) is 0 Å². The normalized spacial score (nSPS) is 9.83. The van der Waals surface area contributed by atoms with Crippen LogP contribution in [0.15, 0.2) is 41.1 Å². The summed E-state index contributed by atoms with van der Waals surface area (Å²) in [5, 5.41) is 9.26. The van der Waals surface area contributed by atoms with E-state index in [9.17, 15) is 0 Å². The van der Waals surface area contributed by atoms with Crippen LogP contribution in [0.4, 0.5) is 0 Å². The standard InChI is InChI=1S/C13H8BrClN2O/c14-11-4-12(7-17-6-11)18-8-10-2-1-9(5-16)3-13(10)15/h1-4,6-7H,8H2. The van der Waals surface area contributed by atoms with E-state index in [1.807, 2.05) is 12.1 Å². The highest BCUT2D eigenvalue weighted by Crippen LogP contribution is 2.21. The molecule has 90 valence electrons. The average Bonchev–Trinajstić information content (AvgIpc) is 2.37. The molecule has 0 aliphatic carbocycles. The molecule has 0 amide bonds. The zero-order valence-electron chi connectivity index (χ0n) is 9.23. The first kappa shape index (κ1) is 12.9. The molecule has 2 aromatic rings. The van der Waals surface area contributed by atoms with Gasteiger partial charge in [0.15, 0.2) is 0 Å². The number of halogens is 2. The number of benzene rings is 1. The second-order valence-electron chi connectivity index (χ2n) is 3.55. The molecule has 1 heterocycles. The summed E-state index contributed by atoms with van der Waals surface area (Å²) >= 11 is 9.37. The molecule has 1 aromatic heterocycles. The van der Waals surface area contributed by atoms with E-state index in [2.05, 4.69) is 20.9 Å². The molecule has 1 aromatic carbocycles. The molecule has 18 heavy (non-hydrogen) atoms. The lowest BCUT2D eigenvalue weighted by atomic mass is 10.1. The molecule has 0 spiro atoms. The Kier molecular flexibility index (Phi) is 4.19. The van der Waals surface area contributed by atoms with E-state index in [4.69, 9.17) is 21.6 Å². The maximum absolute atomic E-state index is 8.74. The number of pyridine rings is 1. The number of rotatable bonds is 3. The summed E-state index contributed by atoms with van der Waals surface area (Å²) in [5.74, 6) is 0.657. The summed E-state index contributed by atoms with van der Waals surface area (Å²) in [6, 6.07) is 8.98. The van der Waals surface area contributed by atoms with E-state index in [-0.39, 0.29) is 0 Å². The van der Waals surface area contributed by atoms with Crippen molar-refractivity contribution in [1.29, 1.82) is 5.26 Å². The molecule has 0 fully saturated rings. The van der Waals surface area contributed by atoms with E-state index < -0.39 is 0 Å². The smallest absolute Gasteiger partial charge is 0.139 e. The van der Waals surface area contributed by atoms with Crippen LogP contribution in [0.1, 0.15) is 11.1 Å². The van der Waals surface area contributed by atoms with Crippen LogP contribution < -0.4 is 4.74 Å². The second kappa shape index (κ2) is 5.85. The Labute approximate surface area is 118 Å². The van der Waals surface area contributed by atoms with E-state index in [0.29, 0.717) is 22.9 Å². The van der Waals surface area contributed by atoms with Gasteiger partial charge >= 0.3 is 0 Å². The molecular formula is C13H8BrClN2O. The minimum Gasteiger partial charge on any atom is -0.487 e. The lowest BCUT2D eigenvalue weighted by molar-refractivity contribution is 0.305. The SMILES string of the molecule is N#Cc1ccc(COc2cncc(Br)c2)c(Cl)c1. The number of ether oxygens (including phenoxy) is 1. The van der Waals surface area contributed by atoms with Crippen LogP contribution in [0.2, 0.25) is 5.02 Å². The highest BCUT2D eigenvalue weighted by Gasteiger charge is 2.03. The van der Waals surface area contributed by atoms with Crippen LogP contribution in [0.5, 0.6) is 5.75 Å².